The molecule has 98 valence electrons. The zero-order valence-corrected chi connectivity index (χ0v) is 12.3. The second-order valence-corrected chi connectivity index (χ2v) is 6.80. The maximum absolute atomic E-state index is 12.6. The minimum atomic E-state index is -4.53. The van der Waals surface area contributed by atoms with Crippen molar-refractivity contribution in [2.75, 3.05) is 17.2 Å². The first-order chi connectivity index (χ1) is 8.37. The average molecular weight is 383 g/mol. The summed E-state index contributed by atoms with van der Waals surface area (Å²) in [5, 5.41) is 0. The number of hydrogen-bond acceptors (Lipinski definition) is 3. The fourth-order valence-electron chi connectivity index (χ4n) is 2.08. The zero-order chi connectivity index (χ0) is 13.3. The molecule has 1 amide bonds. The number of carbonyl (C=O) groups excluding carboxylic acids is 1. The van der Waals surface area contributed by atoms with Crippen LogP contribution in [0.3, 0.4) is 0 Å². The molecule has 1 aliphatic heterocycles. The number of carbonyl (C=O) groups is 1. The molecule has 1 aliphatic rings. The molecule has 0 aromatic heterocycles. The number of anilines is 1. The van der Waals surface area contributed by atoms with E-state index in [4.69, 9.17) is 0 Å². The van der Waals surface area contributed by atoms with Gasteiger partial charge in [-0.1, -0.05) is 12.1 Å². The van der Waals surface area contributed by atoms with Crippen molar-refractivity contribution in [3.63, 3.8) is 0 Å². The number of nitrogens with zero attached hydrogens (tertiary/aromatic N) is 1. The van der Waals surface area contributed by atoms with E-state index in [2.05, 4.69) is 22.6 Å². The third-order valence-electron chi connectivity index (χ3n) is 2.78. The summed E-state index contributed by atoms with van der Waals surface area (Å²) in [5.41, 5.74) is 0.752. The van der Waals surface area contributed by atoms with Crippen LogP contribution in [-0.2, 0) is 15.0 Å². The van der Waals surface area contributed by atoms with Crippen molar-refractivity contribution in [2.24, 2.45) is 5.92 Å². The summed E-state index contributed by atoms with van der Waals surface area (Å²) in [7, 11) is -4.53. The SMILES string of the molecule is O=C1CC(CS(=O)(=O)F)CN1c1ccccc1I. The molecule has 1 fully saturated rings. The number of benzene rings is 1. The molecule has 18 heavy (non-hydrogen) atoms. The summed E-state index contributed by atoms with van der Waals surface area (Å²) in [4.78, 5) is 13.4. The van der Waals surface area contributed by atoms with Gasteiger partial charge in [-0.05, 0) is 34.7 Å². The van der Waals surface area contributed by atoms with Gasteiger partial charge in [0.1, 0.15) is 0 Å². The van der Waals surface area contributed by atoms with Crippen LogP contribution in [0.15, 0.2) is 24.3 Å². The van der Waals surface area contributed by atoms with Crippen molar-refractivity contribution in [2.45, 2.75) is 6.42 Å². The Hall–Kier alpha value is -0.700. The first kappa shape index (κ1) is 13.7. The lowest BCUT2D eigenvalue weighted by molar-refractivity contribution is -0.117. The van der Waals surface area contributed by atoms with E-state index in [1.54, 1.807) is 6.07 Å². The number of halogens is 2. The first-order valence-corrected chi connectivity index (χ1v) is 7.97. The van der Waals surface area contributed by atoms with Crippen molar-refractivity contribution in [3.8, 4) is 0 Å². The van der Waals surface area contributed by atoms with Gasteiger partial charge in [-0.15, -0.1) is 3.89 Å². The van der Waals surface area contributed by atoms with Crippen LogP contribution in [0.2, 0.25) is 0 Å². The summed E-state index contributed by atoms with van der Waals surface area (Å²) in [6, 6.07) is 7.33. The highest BCUT2D eigenvalue weighted by molar-refractivity contribution is 14.1. The molecule has 0 spiro atoms. The van der Waals surface area contributed by atoms with Crippen molar-refractivity contribution < 1.29 is 17.1 Å². The molecule has 1 saturated heterocycles. The highest BCUT2D eigenvalue weighted by Gasteiger charge is 2.34. The van der Waals surface area contributed by atoms with Crippen molar-refractivity contribution in [1.29, 1.82) is 0 Å². The quantitative estimate of drug-likeness (QED) is 0.592. The molecular weight excluding hydrogens is 372 g/mol. The van der Waals surface area contributed by atoms with Crippen LogP contribution in [0, 0.1) is 9.49 Å². The molecule has 1 unspecified atom stereocenters. The van der Waals surface area contributed by atoms with Gasteiger partial charge in [0.15, 0.2) is 0 Å². The highest BCUT2D eigenvalue weighted by atomic mass is 127. The minimum absolute atomic E-state index is 0.0775. The summed E-state index contributed by atoms with van der Waals surface area (Å²) in [5.74, 6) is -1.21. The molecule has 1 heterocycles. The van der Waals surface area contributed by atoms with Gasteiger partial charge in [0.05, 0.1) is 11.4 Å². The van der Waals surface area contributed by atoms with E-state index >= 15 is 0 Å². The second kappa shape index (κ2) is 5.12. The van der Waals surface area contributed by atoms with Crippen molar-refractivity contribution in [1.82, 2.24) is 0 Å². The number of rotatable bonds is 3. The Kier molecular flexibility index (Phi) is 3.90. The maximum atomic E-state index is 12.6. The Labute approximate surface area is 119 Å². The molecule has 1 aromatic carbocycles. The summed E-state index contributed by atoms with van der Waals surface area (Å²) >= 11 is 2.11. The van der Waals surface area contributed by atoms with Gasteiger partial charge in [0.25, 0.3) is 0 Å². The van der Waals surface area contributed by atoms with Crippen LogP contribution in [0.4, 0.5) is 9.57 Å². The maximum Gasteiger partial charge on any atom is 0.302 e. The Morgan fingerprint density at radius 3 is 2.67 bits per heavy atom. The van der Waals surface area contributed by atoms with Gasteiger partial charge in [-0.3, -0.25) is 4.79 Å². The fourth-order valence-corrected chi connectivity index (χ4v) is 3.54. The average Bonchev–Trinajstić information content (AvgIpc) is 2.57. The standard InChI is InChI=1S/C11H11FINO3S/c12-18(16,17)7-8-5-11(15)14(6-8)10-4-2-1-3-9(10)13/h1-4,8H,5-7H2. The van der Waals surface area contributed by atoms with Crippen LogP contribution in [-0.4, -0.2) is 26.6 Å². The number of amides is 1. The third-order valence-corrected chi connectivity index (χ3v) is 4.56. The molecule has 7 heteroatoms. The van der Waals surface area contributed by atoms with E-state index in [9.17, 15) is 17.1 Å². The van der Waals surface area contributed by atoms with E-state index in [1.165, 1.54) is 4.90 Å². The molecule has 0 N–H and O–H groups in total. The second-order valence-electron chi connectivity index (χ2n) is 4.23. The van der Waals surface area contributed by atoms with Crippen molar-refractivity contribution >= 4 is 44.4 Å². The first-order valence-electron chi connectivity index (χ1n) is 5.34. The largest absolute Gasteiger partial charge is 0.311 e. The van der Waals surface area contributed by atoms with Gasteiger partial charge in [-0.2, -0.15) is 8.42 Å². The normalized spacial score (nSPS) is 20.4. The number of para-hydroxylation sites is 1. The van der Waals surface area contributed by atoms with E-state index in [-0.39, 0.29) is 18.9 Å². The summed E-state index contributed by atoms with van der Waals surface area (Å²) in [6.07, 6.45) is 0.0775. The van der Waals surface area contributed by atoms with Crippen LogP contribution in [0.5, 0.6) is 0 Å². The topological polar surface area (TPSA) is 54.5 Å². The molecule has 0 saturated carbocycles. The molecule has 0 aliphatic carbocycles. The van der Waals surface area contributed by atoms with Crippen LogP contribution < -0.4 is 4.90 Å². The molecule has 1 aromatic rings. The molecule has 2 rings (SSSR count). The fraction of sp³-hybridized carbons (Fsp3) is 0.364. The van der Waals surface area contributed by atoms with Crippen LogP contribution >= 0.6 is 22.6 Å². The Morgan fingerprint density at radius 2 is 2.06 bits per heavy atom. The smallest absolute Gasteiger partial charge is 0.302 e. The summed E-state index contributed by atoms with van der Waals surface area (Å²) in [6.45, 7) is 0.252. The lowest BCUT2D eigenvalue weighted by atomic mass is 10.1. The Bertz CT molecular complexity index is 575. The third kappa shape index (κ3) is 3.19. The Balaban J connectivity index is 2.18. The lowest BCUT2D eigenvalue weighted by Gasteiger charge is -2.17. The van der Waals surface area contributed by atoms with Gasteiger partial charge in [0, 0.05) is 22.5 Å². The zero-order valence-electron chi connectivity index (χ0n) is 9.34. The summed E-state index contributed by atoms with van der Waals surface area (Å²) < 4.78 is 34.7. The van der Waals surface area contributed by atoms with Crippen LogP contribution in [0.25, 0.3) is 0 Å². The predicted molar refractivity (Wildman–Crippen MR) is 74.5 cm³/mol. The minimum Gasteiger partial charge on any atom is -0.311 e. The number of hydrogen-bond donors (Lipinski definition) is 0. The van der Waals surface area contributed by atoms with Crippen molar-refractivity contribution in [3.05, 3.63) is 27.8 Å². The molecule has 1 atom stereocenters. The molecule has 0 radical (unpaired) electrons. The van der Waals surface area contributed by atoms with E-state index < -0.39 is 21.9 Å². The molecule has 4 nitrogen and oxygen atoms in total. The highest BCUT2D eigenvalue weighted by Crippen LogP contribution is 2.29. The van der Waals surface area contributed by atoms with Gasteiger partial charge in [0.2, 0.25) is 5.91 Å². The van der Waals surface area contributed by atoms with Crippen LogP contribution in [0.1, 0.15) is 6.42 Å². The van der Waals surface area contributed by atoms with Gasteiger partial charge in [-0.25, -0.2) is 0 Å². The predicted octanol–water partition coefficient (Wildman–Crippen LogP) is 1.94. The van der Waals surface area contributed by atoms with E-state index in [0.717, 1.165) is 9.26 Å². The van der Waals surface area contributed by atoms with E-state index in [0.29, 0.717) is 0 Å². The monoisotopic (exact) mass is 383 g/mol. The van der Waals surface area contributed by atoms with Gasteiger partial charge < -0.3 is 4.90 Å². The molecular formula is C11H11FINO3S. The lowest BCUT2D eigenvalue weighted by Crippen LogP contribution is -2.26. The Morgan fingerprint density at radius 1 is 1.39 bits per heavy atom. The molecule has 0 bridgehead atoms. The van der Waals surface area contributed by atoms with E-state index in [1.807, 2.05) is 18.2 Å². The van der Waals surface area contributed by atoms with Gasteiger partial charge >= 0.3 is 10.2 Å².